The molecule has 0 spiro atoms. The Bertz CT molecular complexity index is 844. The van der Waals surface area contributed by atoms with Crippen LogP contribution in [0.5, 0.6) is 5.75 Å². The molecule has 7 nitrogen and oxygen atoms in total. The first-order valence-electron chi connectivity index (χ1n) is 7.37. The summed E-state index contributed by atoms with van der Waals surface area (Å²) in [6, 6.07) is 8.43. The molecule has 0 aliphatic carbocycles. The number of aromatic nitrogens is 1. The molecule has 1 heterocycles. The van der Waals surface area contributed by atoms with Gasteiger partial charge < -0.3 is 10.1 Å². The maximum Gasteiger partial charge on any atom is 0.241 e. The van der Waals surface area contributed by atoms with Crippen LogP contribution < -0.4 is 14.8 Å². The topological polar surface area (TPSA) is 97.4 Å². The highest BCUT2D eigenvalue weighted by atomic mass is 35.5. The molecule has 0 saturated heterocycles. The van der Waals surface area contributed by atoms with Crippen molar-refractivity contribution in [1.82, 2.24) is 15.0 Å². The molecule has 0 bridgehead atoms. The molecule has 25 heavy (non-hydrogen) atoms. The number of ether oxygens (including phenoxy) is 1. The Hall–Kier alpha value is -2.16. The maximum absolute atomic E-state index is 12.4. The predicted octanol–water partition coefficient (Wildman–Crippen LogP) is 1.73. The highest BCUT2D eigenvalue weighted by molar-refractivity contribution is 7.89. The number of pyridine rings is 1. The molecular weight excluding hydrogens is 366 g/mol. The zero-order valence-corrected chi connectivity index (χ0v) is 15.3. The Morgan fingerprint density at radius 2 is 2.08 bits per heavy atom. The van der Waals surface area contributed by atoms with E-state index in [9.17, 15) is 13.2 Å². The second-order valence-corrected chi connectivity index (χ2v) is 7.30. The van der Waals surface area contributed by atoms with Crippen molar-refractivity contribution in [3.8, 4) is 5.75 Å². The summed E-state index contributed by atoms with van der Waals surface area (Å²) in [4.78, 5) is 16.1. The Morgan fingerprint density at radius 1 is 1.32 bits per heavy atom. The van der Waals surface area contributed by atoms with Crippen LogP contribution in [0, 0.1) is 0 Å². The molecular formula is C16H18ClN3O4S. The fourth-order valence-corrected chi connectivity index (χ4v) is 3.55. The number of halogens is 1. The van der Waals surface area contributed by atoms with Gasteiger partial charge in [-0.3, -0.25) is 9.78 Å². The highest BCUT2D eigenvalue weighted by Crippen LogP contribution is 2.26. The number of hydrogen-bond donors (Lipinski definition) is 2. The molecule has 0 fully saturated rings. The van der Waals surface area contributed by atoms with Crippen molar-refractivity contribution in [2.75, 3.05) is 7.11 Å². The Kier molecular flexibility index (Phi) is 6.35. The van der Waals surface area contributed by atoms with Gasteiger partial charge in [0.25, 0.3) is 0 Å². The van der Waals surface area contributed by atoms with Gasteiger partial charge in [-0.1, -0.05) is 17.7 Å². The maximum atomic E-state index is 12.4. The standard InChI is InChI=1S/C16H18ClN3O4S/c1-11(16(21)19-10-12-5-3-4-8-18-12)20-25(22,23)13-6-7-15(24-2)14(17)9-13/h3-9,11,20H,10H2,1-2H3,(H,19,21)/t11-/m0/s1. The summed E-state index contributed by atoms with van der Waals surface area (Å²) in [5.41, 5.74) is 0.674. The number of hydrogen-bond acceptors (Lipinski definition) is 5. The number of nitrogens with one attached hydrogen (secondary N) is 2. The predicted molar refractivity (Wildman–Crippen MR) is 93.9 cm³/mol. The van der Waals surface area contributed by atoms with Crippen LogP contribution in [0.1, 0.15) is 12.6 Å². The van der Waals surface area contributed by atoms with Crippen molar-refractivity contribution in [2.24, 2.45) is 0 Å². The summed E-state index contributed by atoms with van der Waals surface area (Å²) in [6.45, 7) is 1.66. The lowest BCUT2D eigenvalue weighted by atomic mass is 10.3. The summed E-state index contributed by atoms with van der Waals surface area (Å²) in [5, 5.41) is 2.79. The van der Waals surface area contributed by atoms with Crippen LogP contribution in [0.15, 0.2) is 47.5 Å². The fraction of sp³-hybridized carbons (Fsp3) is 0.250. The number of benzene rings is 1. The monoisotopic (exact) mass is 383 g/mol. The average Bonchev–Trinajstić information content (AvgIpc) is 2.60. The molecule has 0 radical (unpaired) electrons. The molecule has 1 atom stereocenters. The summed E-state index contributed by atoms with van der Waals surface area (Å²) < 4.78 is 32.0. The lowest BCUT2D eigenvalue weighted by Crippen LogP contribution is -2.44. The van der Waals surface area contributed by atoms with Crippen LogP contribution in [0.4, 0.5) is 0 Å². The van der Waals surface area contributed by atoms with E-state index < -0.39 is 22.0 Å². The van der Waals surface area contributed by atoms with E-state index in [0.29, 0.717) is 11.4 Å². The second-order valence-electron chi connectivity index (χ2n) is 5.18. The molecule has 2 rings (SSSR count). The van der Waals surface area contributed by atoms with Crippen molar-refractivity contribution in [3.63, 3.8) is 0 Å². The third kappa shape index (κ3) is 5.15. The van der Waals surface area contributed by atoms with E-state index in [2.05, 4.69) is 15.0 Å². The molecule has 2 aromatic rings. The summed E-state index contributed by atoms with van der Waals surface area (Å²) in [5.74, 6) is -0.101. The Balaban J connectivity index is 2.01. The van der Waals surface area contributed by atoms with Crippen molar-refractivity contribution >= 4 is 27.5 Å². The van der Waals surface area contributed by atoms with Crippen LogP contribution >= 0.6 is 11.6 Å². The van der Waals surface area contributed by atoms with E-state index in [4.69, 9.17) is 16.3 Å². The van der Waals surface area contributed by atoms with Gasteiger partial charge in [-0.2, -0.15) is 4.72 Å². The lowest BCUT2D eigenvalue weighted by Gasteiger charge is -2.15. The minimum absolute atomic E-state index is 0.0531. The van der Waals surface area contributed by atoms with Gasteiger partial charge in [-0.25, -0.2) is 8.42 Å². The van der Waals surface area contributed by atoms with Crippen molar-refractivity contribution in [1.29, 1.82) is 0 Å². The number of rotatable bonds is 7. The Morgan fingerprint density at radius 3 is 2.68 bits per heavy atom. The first-order chi connectivity index (χ1) is 11.8. The molecule has 9 heteroatoms. The third-order valence-electron chi connectivity index (χ3n) is 3.33. The summed E-state index contributed by atoms with van der Waals surface area (Å²) in [6.07, 6.45) is 1.61. The molecule has 0 saturated carbocycles. The van der Waals surface area contributed by atoms with E-state index in [-0.39, 0.29) is 16.5 Å². The first-order valence-corrected chi connectivity index (χ1v) is 9.23. The first kappa shape index (κ1) is 19.2. The van der Waals surface area contributed by atoms with Crippen LogP contribution in [-0.2, 0) is 21.4 Å². The van der Waals surface area contributed by atoms with Gasteiger partial charge in [-0.15, -0.1) is 0 Å². The molecule has 134 valence electrons. The average molecular weight is 384 g/mol. The quantitative estimate of drug-likeness (QED) is 0.758. The fourth-order valence-electron chi connectivity index (χ4n) is 2.00. The highest BCUT2D eigenvalue weighted by Gasteiger charge is 2.22. The van der Waals surface area contributed by atoms with Gasteiger partial charge in [0.15, 0.2) is 0 Å². The van der Waals surface area contributed by atoms with Crippen molar-refractivity contribution < 1.29 is 17.9 Å². The molecule has 0 aliphatic heterocycles. The number of carbonyl (C=O) groups excluding carboxylic acids is 1. The minimum atomic E-state index is -3.90. The summed E-state index contributed by atoms with van der Waals surface area (Å²) in [7, 11) is -2.47. The van der Waals surface area contributed by atoms with Crippen LogP contribution in [0.25, 0.3) is 0 Å². The number of amides is 1. The van der Waals surface area contributed by atoms with Gasteiger partial charge in [0, 0.05) is 6.20 Å². The van der Waals surface area contributed by atoms with E-state index in [1.807, 2.05) is 0 Å². The smallest absolute Gasteiger partial charge is 0.241 e. The van der Waals surface area contributed by atoms with Gasteiger partial charge in [0.1, 0.15) is 5.75 Å². The molecule has 0 unspecified atom stereocenters. The molecule has 2 N–H and O–H groups in total. The minimum Gasteiger partial charge on any atom is -0.495 e. The molecule has 1 amide bonds. The zero-order chi connectivity index (χ0) is 18.4. The van der Waals surface area contributed by atoms with Gasteiger partial charge in [-0.05, 0) is 37.3 Å². The van der Waals surface area contributed by atoms with E-state index in [1.54, 1.807) is 24.4 Å². The second kappa shape index (κ2) is 8.28. The van der Waals surface area contributed by atoms with Crippen LogP contribution in [0.3, 0.4) is 0 Å². The van der Waals surface area contributed by atoms with Crippen LogP contribution in [-0.4, -0.2) is 32.5 Å². The number of carbonyl (C=O) groups is 1. The van der Waals surface area contributed by atoms with Gasteiger partial charge in [0.05, 0.1) is 35.3 Å². The van der Waals surface area contributed by atoms with E-state index >= 15 is 0 Å². The molecule has 0 aliphatic rings. The lowest BCUT2D eigenvalue weighted by molar-refractivity contribution is -0.122. The SMILES string of the molecule is COc1ccc(S(=O)(=O)N[C@@H](C)C(=O)NCc2ccccn2)cc1Cl. The van der Waals surface area contributed by atoms with Gasteiger partial charge in [0.2, 0.25) is 15.9 Å². The number of nitrogens with zero attached hydrogens (tertiary/aromatic N) is 1. The van der Waals surface area contributed by atoms with Gasteiger partial charge >= 0.3 is 0 Å². The van der Waals surface area contributed by atoms with Crippen LogP contribution in [0.2, 0.25) is 5.02 Å². The third-order valence-corrected chi connectivity index (χ3v) is 5.16. The number of sulfonamides is 1. The zero-order valence-electron chi connectivity index (χ0n) is 13.7. The van der Waals surface area contributed by atoms with E-state index in [0.717, 1.165) is 0 Å². The van der Waals surface area contributed by atoms with E-state index in [1.165, 1.54) is 32.2 Å². The Labute approximate surface area is 151 Å². The normalized spacial score (nSPS) is 12.4. The molecule has 1 aromatic carbocycles. The number of methoxy groups -OCH3 is 1. The summed E-state index contributed by atoms with van der Waals surface area (Å²) >= 11 is 5.95. The largest absolute Gasteiger partial charge is 0.495 e. The molecule has 1 aromatic heterocycles. The van der Waals surface area contributed by atoms with Crippen molar-refractivity contribution in [2.45, 2.75) is 24.4 Å². The van der Waals surface area contributed by atoms with Crippen molar-refractivity contribution in [3.05, 3.63) is 53.3 Å².